The molecular formula is C20H20N2O2S. The Balaban J connectivity index is 1.60. The van der Waals surface area contributed by atoms with E-state index >= 15 is 0 Å². The van der Waals surface area contributed by atoms with Gasteiger partial charge in [-0.2, -0.15) is 0 Å². The third kappa shape index (κ3) is 5.50. The van der Waals surface area contributed by atoms with E-state index in [-0.39, 0.29) is 5.91 Å². The highest BCUT2D eigenvalue weighted by Gasteiger charge is 2.16. The Kier molecular flexibility index (Phi) is 6.29. The quantitative estimate of drug-likeness (QED) is 0.611. The fourth-order valence-electron chi connectivity index (χ4n) is 2.43. The first kappa shape index (κ1) is 17.3. The summed E-state index contributed by atoms with van der Waals surface area (Å²) < 4.78 is 5.40. The Hall–Kier alpha value is -2.53. The lowest BCUT2D eigenvalue weighted by Crippen LogP contribution is -2.31. The molecule has 128 valence electrons. The third-order valence-corrected chi connectivity index (χ3v) is 4.68. The van der Waals surface area contributed by atoms with Crippen molar-refractivity contribution in [2.75, 3.05) is 5.75 Å². The number of hydrogen-bond donors (Lipinski definition) is 0. The Morgan fingerprint density at radius 3 is 2.56 bits per heavy atom. The minimum Gasteiger partial charge on any atom is -0.467 e. The predicted molar refractivity (Wildman–Crippen MR) is 99.8 cm³/mol. The highest BCUT2D eigenvalue weighted by Crippen LogP contribution is 2.15. The van der Waals surface area contributed by atoms with Gasteiger partial charge in [0.1, 0.15) is 5.76 Å². The monoisotopic (exact) mass is 352 g/mol. The molecule has 0 saturated carbocycles. The molecule has 0 spiro atoms. The minimum absolute atomic E-state index is 0.0861. The van der Waals surface area contributed by atoms with Crippen LogP contribution in [0.4, 0.5) is 0 Å². The van der Waals surface area contributed by atoms with Gasteiger partial charge >= 0.3 is 0 Å². The highest BCUT2D eigenvalue weighted by molar-refractivity contribution is 7.99. The van der Waals surface area contributed by atoms with E-state index in [1.165, 1.54) is 5.56 Å². The normalized spacial score (nSPS) is 10.6. The van der Waals surface area contributed by atoms with Crippen molar-refractivity contribution in [2.24, 2.45) is 0 Å². The first-order valence-electron chi connectivity index (χ1n) is 8.13. The molecular weight excluding hydrogens is 332 g/mol. The van der Waals surface area contributed by atoms with E-state index in [9.17, 15) is 4.79 Å². The topological polar surface area (TPSA) is 46.3 Å². The molecule has 2 heterocycles. The summed E-state index contributed by atoms with van der Waals surface area (Å²) in [7, 11) is 0. The van der Waals surface area contributed by atoms with Crippen molar-refractivity contribution in [3.05, 3.63) is 90.1 Å². The van der Waals surface area contributed by atoms with Crippen LogP contribution in [0.3, 0.4) is 0 Å². The van der Waals surface area contributed by atoms with E-state index < -0.39 is 0 Å². The average Bonchev–Trinajstić information content (AvgIpc) is 3.16. The van der Waals surface area contributed by atoms with Crippen molar-refractivity contribution >= 4 is 17.7 Å². The SMILES string of the molecule is O=C(CSCc1ccccc1)N(Cc1ccccn1)Cc1ccco1. The van der Waals surface area contributed by atoms with E-state index in [1.807, 2.05) is 48.5 Å². The molecule has 5 heteroatoms. The molecule has 4 nitrogen and oxygen atoms in total. The first-order valence-corrected chi connectivity index (χ1v) is 9.28. The second-order valence-electron chi connectivity index (χ2n) is 5.63. The lowest BCUT2D eigenvalue weighted by atomic mass is 10.2. The number of carbonyl (C=O) groups is 1. The Bertz CT molecular complexity index is 761. The van der Waals surface area contributed by atoms with Crippen molar-refractivity contribution in [2.45, 2.75) is 18.8 Å². The molecule has 0 atom stereocenters. The smallest absolute Gasteiger partial charge is 0.233 e. The average molecular weight is 352 g/mol. The summed E-state index contributed by atoms with van der Waals surface area (Å²) in [6.07, 6.45) is 3.37. The van der Waals surface area contributed by atoms with Crippen molar-refractivity contribution in [3.63, 3.8) is 0 Å². The molecule has 3 rings (SSSR count). The molecule has 1 amide bonds. The van der Waals surface area contributed by atoms with Crippen molar-refractivity contribution in [3.8, 4) is 0 Å². The maximum atomic E-state index is 12.7. The van der Waals surface area contributed by atoms with Crippen LogP contribution in [0.1, 0.15) is 17.0 Å². The van der Waals surface area contributed by atoms with E-state index in [0.29, 0.717) is 18.8 Å². The van der Waals surface area contributed by atoms with Crippen LogP contribution in [0.15, 0.2) is 77.5 Å². The van der Waals surface area contributed by atoms with Crippen LogP contribution in [0.25, 0.3) is 0 Å². The number of nitrogens with zero attached hydrogens (tertiary/aromatic N) is 2. The maximum Gasteiger partial charge on any atom is 0.233 e. The number of hydrogen-bond acceptors (Lipinski definition) is 4. The van der Waals surface area contributed by atoms with Crippen LogP contribution < -0.4 is 0 Å². The molecule has 0 unspecified atom stereocenters. The van der Waals surface area contributed by atoms with Gasteiger partial charge in [0, 0.05) is 11.9 Å². The summed E-state index contributed by atoms with van der Waals surface area (Å²) in [6, 6.07) is 19.6. The number of pyridine rings is 1. The number of benzene rings is 1. The van der Waals surface area contributed by atoms with Gasteiger partial charge < -0.3 is 9.32 Å². The van der Waals surface area contributed by atoms with Gasteiger partial charge in [-0.3, -0.25) is 9.78 Å². The van der Waals surface area contributed by atoms with Gasteiger partial charge in [-0.05, 0) is 29.8 Å². The zero-order valence-electron chi connectivity index (χ0n) is 13.9. The molecule has 0 aliphatic rings. The molecule has 0 aliphatic heterocycles. The molecule has 0 radical (unpaired) electrons. The summed E-state index contributed by atoms with van der Waals surface area (Å²) in [5, 5.41) is 0. The van der Waals surface area contributed by atoms with Crippen LogP contribution in [0.2, 0.25) is 0 Å². The number of rotatable bonds is 8. The summed E-state index contributed by atoms with van der Waals surface area (Å²) in [4.78, 5) is 18.8. The number of aromatic nitrogens is 1. The first-order chi connectivity index (χ1) is 12.3. The number of thioether (sulfide) groups is 1. The van der Waals surface area contributed by atoms with E-state index in [2.05, 4.69) is 17.1 Å². The standard InChI is InChI=1S/C20H20N2O2S/c23-20(16-25-15-17-7-2-1-3-8-17)22(14-19-10-6-12-24-19)13-18-9-4-5-11-21-18/h1-12H,13-16H2. The molecule has 1 aromatic carbocycles. The van der Waals surface area contributed by atoms with Crippen LogP contribution >= 0.6 is 11.8 Å². The number of furan rings is 1. The van der Waals surface area contributed by atoms with Gasteiger partial charge in [-0.25, -0.2) is 0 Å². The summed E-state index contributed by atoms with van der Waals surface area (Å²) in [5.41, 5.74) is 2.10. The van der Waals surface area contributed by atoms with Crippen LogP contribution in [-0.2, 0) is 23.6 Å². The van der Waals surface area contributed by atoms with Gasteiger partial charge in [0.2, 0.25) is 5.91 Å². The fraction of sp³-hybridized carbons (Fsp3) is 0.200. The Labute approximate surface area is 151 Å². The minimum atomic E-state index is 0.0861. The van der Waals surface area contributed by atoms with Gasteiger partial charge in [0.05, 0.1) is 30.8 Å². The fourth-order valence-corrected chi connectivity index (χ4v) is 3.32. The van der Waals surface area contributed by atoms with Gasteiger partial charge in [0.25, 0.3) is 0 Å². The van der Waals surface area contributed by atoms with Crippen LogP contribution in [0, 0.1) is 0 Å². The second-order valence-corrected chi connectivity index (χ2v) is 6.61. The van der Waals surface area contributed by atoms with Crippen molar-refractivity contribution < 1.29 is 9.21 Å². The molecule has 0 saturated heterocycles. The molecule has 0 N–H and O–H groups in total. The lowest BCUT2D eigenvalue weighted by Gasteiger charge is -2.21. The summed E-state index contributed by atoms with van der Waals surface area (Å²) in [5.74, 6) is 2.12. The summed E-state index contributed by atoms with van der Waals surface area (Å²) >= 11 is 1.62. The molecule has 3 aromatic rings. The second kappa shape index (κ2) is 9.08. The third-order valence-electron chi connectivity index (χ3n) is 3.70. The molecule has 0 bridgehead atoms. The number of amides is 1. The Morgan fingerprint density at radius 1 is 1.00 bits per heavy atom. The van der Waals surface area contributed by atoms with Crippen molar-refractivity contribution in [1.29, 1.82) is 0 Å². The van der Waals surface area contributed by atoms with Gasteiger partial charge in [0.15, 0.2) is 0 Å². The van der Waals surface area contributed by atoms with Crippen LogP contribution in [0.5, 0.6) is 0 Å². The zero-order chi connectivity index (χ0) is 17.3. The number of carbonyl (C=O) groups excluding carboxylic acids is 1. The van der Waals surface area contributed by atoms with Crippen LogP contribution in [-0.4, -0.2) is 21.5 Å². The van der Waals surface area contributed by atoms with E-state index in [4.69, 9.17) is 4.42 Å². The highest BCUT2D eigenvalue weighted by atomic mass is 32.2. The van der Waals surface area contributed by atoms with E-state index in [1.54, 1.807) is 29.1 Å². The molecule has 0 aliphatic carbocycles. The Morgan fingerprint density at radius 2 is 1.84 bits per heavy atom. The zero-order valence-corrected chi connectivity index (χ0v) is 14.7. The maximum absolute atomic E-state index is 12.7. The van der Waals surface area contributed by atoms with Gasteiger partial charge in [-0.1, -0.05) is 36.4 Å². The molecule has 0 fully saturated rings. The molecule has 25 heavy (non-hydrogen) atoms. The van der Waals surface area contributed by atoms with Gasteiger partial charge in [-0.15, -0.1) is 11.8 Å². The van der Waals surface area contributed by atoms with Crippen molar-refractivity contribution in [1.82, 2.24) is 9.88 Å². The summed E-state index contributed by atoms with van der Waals surface area (Å²) in [6.45, 7) is 0.931. The molecule has 2 aromatic heterocycles. The van der Waals surface area contributed by atoms with E-state index in [0.717, 1.165) is 17.2 Å². The largest absolute Gasteiger partial charge is 0.467 e. The predicted octanol–water partition coefficient (Wildman–Crippen LogP) is 4.14. The lowest BCUT2D eigenvalue weighted by molar-refractivity contribution is -0.129.